The number of unbranched alkanes of at least 4 members (excludes halogenated alkanes) is 1. The summed E-state index contributed by atoms with van der Waals surface area (Å²) in [5, 5.41) is 8.02. The number of nitrogens with one attached hydrogen (secondary N) is 3. The molecular formula is C22H42N4O7. The van der Waals surface area contributed by atoms with Crippen LogP contribution >= 0.6 is 0 Å². The SMILES string of the molecule is COC(=O)[C@H](CCCCNCN)NC(=O)N[C@@H](CCC(=O)OC(C)(C)C)C(=O)OC(C)(C)C. The largest absolute Gasteiger partial charge is 0.467 e. The third-order valence-electron chi connectivity index (χ3n) is 4.09. The summed E-state index contributed by atoms with van der Waals surface area (Å²) in [6.45, 7) is 11.3. The minimum absolute atomic E-state index is 0.0229. The lowest BCUT2D eigenvalue weighted by atomic mass is 10.1. The molecule has 0 saturated heterocycles. The van der Waals surface area contributed by atoms with Crippen molar-refractivity contribution in [2.45, 2.75) is 96.9 Å². The first-order chi connectivity index (χ1) is 15.2. The van der Waals surface area contributed by atoms with Crippen molar-refractivity contribution in [1.82, 2.24) is 16.0 Å². The number of carbonyl (C=O) groups is 4. The van der Waals surface area contributed by atoms with Crippen LogP contribution in [-0.2, 0) is 28.6 Å². The van der Waals surface area contributed by atoms with Gasteiger partial charge in [0.2, 0.25) is 0 Å². The van der Waals surface area contributed by atoms with Gasteiger partial charge in [0.25, 0.3) is 0 Å². The lowest BCUT2D eigenvalue weighted by Gasteiger charge is -2.26. The highest BCUT2D eigenvalue weighted by atomic mass is 16.6. The summed E-state index contributed by atoms with van der Waals surface area (Å²) in [7, 11) is 1.23. The van der Waals surface area contributed by atoms with Gasteiger partial charge in [-0.2, -0.15) is 0 Å². The fourth-order valence-electron chi connectivity index (χ4n) is 2.73. The van der Waals surface area contributed by atoms with E-state index in [0.29, 0.717) is 26.1 Å². The Morgan fingerprint density at radius 2 is 1.36 bits per heavy atom. The average molecular weight is 475 g/mol. The molecule has 0 bridgehead atoms. The first-order valence-electron chi connectivity index (χ1n) is 11.2. The number of nitrogens with two attached hydrogens (primary N) is 1. The van der Waals surface area contributed by atoms with E-state index in [1.54, 1.807) is 41.5 Å². The summed E-state index contributed by atoms with van der Waals surface area (Å²) in [4.78, 5) is 49.3. The molecule has 0 radical (unpaired) electrons. The molecule has 0 fully saturated rings. The second-order valence-electron chi connectivity index (χ2n) is 9.60. The number of esters is 3. The van der Waals surface area contributed by atoms with Gasteiger partial charge in [0, 0.05) is 13.1 Å². The zero-order valence-electron chi connectivity index (χ0n) is 21.0. The number of hydrogen-bond acceptors (Lipinski definition) is 9. The number of methoxy groups -OCH3 is 1. The van der Waals surface area contributed by atoms with Crippen molar-refractivity contribution in [3.05, 3.63) is 0 Å². The van der Waals surface area contributed by atoms with Gasteiger partial charge < -0.3 is 35.9 Å². The van der Waals surface area contributed by atoms with Crippen molar-refractivity contribution < 1.29 is 33.4 Å². The second-order valence-corrected chi connectivity index (χ2v) is 9.60. The predicted molar refractivity (Wildman–Crippen MR) is 123 cm³/mol. The smallest absolute Gasteiger partial charge is 0.329 e. The van der Waals surface area contributed by atoms with Crippen molar-refractivity contribution in [1.29, 1.82) is 0 Å². The van der Waals surface area contributed by atoms with Gasteiger partial charge >= 0.3 is 23.9 Å². The Bertz CT molecular complexity index is 642. The van der Waals surface area contributed by atoms with E-state index in [-0.39, 0.29) is 12.8 Å². The third-order valence-corrected chi connectivity index (χ3v) is 4.09. The summed E-state index contributed by atoms with van der Waals surface area (Å²) in [5.74, 6) is -1.79. The van der Waals surface area contributed by atoms with Crippen molar-refractivity contribution in [2.75, 3.05) is 20.3 Å². The van der Waals surface area contributed by atoms with E-state index in [4.69, 9.17) is 19.9 Å². The lowest BCUT2D eigenvalue weighted by molar-refractivity contribution is -0.158. The maximum absolute atomic E-state index is 12.6. The van der Waals surface area contributed by atoms with Crippen molar-refractivity contribution in [3.8, 4) is 0 Å². The lowest BCUT2D eigenvalue weighted by Crippen LogP contribution is -2.52. The molecule has 0 aliphatic rings. The molecule has 0 saturated carbocycles. The van der Waals surface area contributed by atoms with Crippen LogP contribution < -0.4 is 21.7 Å². The number of amides is 2. The molecule has 0 unspecified atom stereocenters. The van der Waals surface area contributed by atoms with Crippen LogP contribution in [0.2, 0.25) is 0 Å². The van der Waals surface area contributed by atoms with E-state index in [1.807, 2.05) is 0 Å². The first kappa shape index (κ1) is 30.6. The Hall–Kier alpha value is -2.40. The standard InChI is InChI=1S/C22H42N4O7/c1-21(2,3)32-17(27)12-11-16(19(29)33-22(4,5)6)26-20(30)25-15(18(28)31-7)10-8-9-13-24-14-23/h15-16,24H,8-14,23H2,1-7H3,(H2,25,26,30)/t15-,16-/m0/s1. The second kappa shape index (κ2) is 14.7. The number of hydrogen-bond donors (Lipinski definition) is 4. The Morgan fingerprint density at radius 1 is 0.818 bits per heavy atom. The molecule has 11 nitrogen and oxygen atoms in total. The molecule has 2 atom stereocenters. The van der Waals surface area contributed by atoms with Crippen LogP contribution in [0, 0.1) is 0 Å². The predicted octanol–water partition coefficient (Wildman–Crippen LogP) is 1.34. The Labute approximate surface area is 196 Å². The maximum atomic E-state index is 12.6. The van der Waals surface area contributed by atoms with Crippen molar-refractivity contribution >= 4 is 23.9 Å². The van der Waals surface area contributed by atoms with Crippen LogP contribution in [-0.4, -0.2) is 67.5 Å². The zero-order valence-corrected chi connectivity index (χ0v) is 21.0. The van der Waals surface area contributed by atoms with E-state index >= 15 is 0 Å². The van der Waals surface area contributed by atoms with Gasteiger partial charge in [0.05, 0.1) is 7.11 Å². The van der Waals surface area contributed by atoms with Crippen LogP contribution in [0.1, 0.15) is 73.6 Å². The fourth-order valence-corrected chi connectivity index (χ4v) is 2.73. The summed E-state index contributed by atoms with van der Waals surface area (Å²) >= 11 is 0. The molecule has 0 aromatic heterocycles. The highest BCUT2D eigenvalue weighted by molar-refractivity contribution is 5.87. The molecule has 0 aliphatic carbocycles. The number of ether oxygens (including phenoxy) is 3. The molecular weight excluding hydrogens is 432 g/mol. The minimum atomic E-state index is -1.11. The van der Waals surface area contributed by atoms with E-state index in [1.165, 1.54) is 7.11 Å². The van der Waals surface area contributed by atoms with E-state index < -0.39 is 47.2 Å². The molecule has 0 spiro atoms. The van der Waals surface area contributed by atoms with Gasteiger partial charge in [0.1, 0.15) is 23.3 Å². The number of urea groups is 1. The molecule has 11 heteroatoms. The summed E-state index contributed by atoms with van der Waals surface area (Å²) in [5.41, 5.74) is 3.92. The maximum Gasteiger partial charge on any atom is 0.329 e. The topological polar surface area (TPSA) is 158 Å². The van der Waals surface area contributed by atoms with Gasteiger partial charge in [-0.25, -0.2) is 14.4 Å². The molecule has 0 aromatic carbocycles. The molecule has 0 aliphatic heterocycles. The van der Waals surface area contributed by atoms with E-state index in [2.05, 4.69) is 16.0 Å². The Kier molecular flexibility index (Phi) is 13.6. The highest BCUT2D eigenvalue weighted by Gasteiger charge is 2.30. The zero-order chi connectivity index (χ0) is 25.7. The van der Waals surface area contributed by atoms with Crippen LogP contribution in [0.3, 0.4) is 0 Å². The molecule has 0 rings (SSSR count). The van der Waals surface area contributed by atoms with Crippen LogP contribution in [0.25, 0.3) is 0 Å². The van der Waals surface area contributed by atoms with Crippen molar-refractivity contribution in [2.24, 2.45) is 5.73 Å². The van der Waals surface area contributed by atoms with Crippen LogP contribution in [0.5, 0.6) is 0 Å². The fraction of sp³-hybridized carbons (Fsp3) is 0.818. The third kappa shape index (κ3) is 15.9. The van der Waals surface area contributed by atoms with Gasteiger partial charge in [-0.15, -0.1) is 0 Å². The monoisotopic (exact) mass is 474 g/mol. The normalized spacial score (nSPS) is 13.5. The number of rotatable bonds is 13. The number of carbonyl (C=O) groups excluding carboxylic acids is 4. The average Bonchev–Trinajstić information content (AvgIpc) is 2.66. The van der Waals surface area contributed by atoms with Gasteiger partial charge in [-0.05, 0) is 73.8 Å². The van der Waals surface area contributed by atoms with Gasteiger partial charge in [-0.3, -0.25) is 4.79 Å². The Balaban J connectivity index is 5.12. The quantitative estimate of drug-likeness (QED) is 0.134. The molecule has 5 N–H and O–H groups in total. The Morgan fingerprint density at radius 3 is 1.85 bits per heavy atom. The van der Waals surface area contributed by atoms with Crippen LogP contribution in [0.15, 0.2) is 0 Å². The highest BCUT2D eigenvalue weighted by Crippen LogP contribution is 2.14. The molecule has 0 heterocycles. The summed E-state index contributed by atoms with van der Waals surface area (Å²) in [6, 6.07) is -2.74. The first-order valence-corrected chi connectivity index (χ1v) is 11.2. The molecule has 192 valence electrons. The van der Waals surface area contributed by atoms with Gasteiger partial charge in [-0.1, -0.05) is 0 Å². The minimum Gasteiger partial charge on any atom is -0.467 e. The molecule has 2 amide bonds. The van der Waals surface area contributed by atoms with E-state index in [0.717, 1.165) is 6.42 Å². The molecule has 0 aromatic rings. The molecule has 33 heavy (non-hydrogen) atoms. The summed E-state index contributed by atoms with van der Waals surface area (Å²) in [6.07, 6.45) is 1.62. The van der Waals surface area contributed by atoms with Crippen molar-refractivity contribution in [3.63, 3.8) is 0 Å². The van der Waals surface area contributed by atoms with Crippen LogP contribution in [0.4, 0.5) is 4.79 Å². The summed E-state index contributed by atoms with van der Waals surface area (Å²) < 4.78 is 15.4. The van der Waals surface area contributed by atoms with Gasteiger partial charge in [0.15, 0.2) is 0 Å². The van der Waals surface area contributed by atoms with E-state index in [9.17, 15) is 19.2 Å².